The molecule has 2 fully saturated rings. The van der Waals surface area contributed by atoms with Crippen molar-refractivity contribution in [2.75, 3.05) is 20.2 Å². The lowest BCUT2D eigenvalue weighted by Crippen LogP contribution is -2.34. The zero-order valence-corrected chi connectivity index (χ0v) is 14.2. The Bertz CT molecular complexity index is 652. The van der Waals surface area contributed by atoms with Crippen LogP contribution in [0.15, 0.2) is 9.90 Å². The van der Waals surface area contributed by atoms with Crippen molar-refractivity contribution in [2.45, 2.75) is 50.7 Å². The summed E-state index contributed by atoms with van der Waals surface area (Å²) in [4.78, 5) is 11.7. The summed E-state index contributed by atoms with van der Waals surface area (Å²) in [5, 5.41) is 7.41. The predicted molar refractivity (Wildman–Crippen MR) is 86.4 cm³/mol. The molecule has 1 aliphatic heterocycles. The van der Waals surface area contributed by atoms with Gasteiger partial charge in [-0.15, -0.1) is 11.3 Å². The van der Waals surface area contributed by atoms with Crippen LogP contribution in [-0.4, -0.2) is 40.2 Å². The smallest absolute Gasteiger partial charge is 0.229 e. The van der Waals surface area contributed by atoms with Crippen molar-refractivity contribution in [3.8, 4) is 0 Å². The minimum atomic E-state index is 0.386. The molecule has 23 heavy (non-hydrogen) atoms. The molecule has 124 valence electrons. The molecular weight excluding hydrogens is 312 g/mol. The summed E-state index contributed by atoms with van der Waals surface area (Å²) in [7, 11) is 1.71. The van der Waals surface area contributed by atoms with E-state index >= 15 is 0 Å². The molecule has 1 atom stereocenters. The van der Waals surface area contributed by atoms with Crippen LogP contribution in [0, 0.1) is 0 Å². The maximum atomic E-state index is 5.42. The van der Waals surface area contributed by atoms with E-state index in [4.69, 9.17) is 9.26 Å². The fourth-order valence-electron chi connectivity index (χ4n) is 3.16. The van der Waals surface area contributed by atoms with Crippen LogP contribution in [0.1, 0.15) is 59.9 Å². The molecule has 2 aromatic rings. The van der Waals surface area contributed by atoms with Gasteiger partial charge < -0.3 is 9.26 Å². The van der Waals surface area contributed by atoms with E-state index in [2.05, 4.69) is 25.4 Å². The Morgan fingerprint density at radius 2 is 2.22 bits per heavy atom. The lowest BCUT2D eigenvalue weighted by atomic mass is 9.97. The van der Waals surface area contributed by atoms with Gasteiger partial charge in [0.2, 0.25) is 5.89 Å². The van der Waals surface area contributed by atoms with Crippen molar-refractivity contribution in [1.82, 2.24) is 20.0 Å². The predicted octanol–water partition coefficient (Wildman–Crippen LogP) is 2.93. The molecule has 1 aliphatic carbocycles. The second kappa shape index (κ2) is 6.67. The number of thiazole rings is 1. The minimum absolute atomic E-state index is 0.386. The highest BCUT2D eigenvalue weighted by Crippen LogP contribution is 2.39. The van der Waals surface area contributed by atoms with Gasteiger partial charge in [-0.3, -0.25) is 4.90 Å². The molecule has 2 aromatic heterocycles. The van der Waals surface area contributed by atoms with Gasteiger partial charge in [0.15, 0.2) is 5.82 Å². The average Bonchev–Trinajstić information content (AvgIpc) is 3.13. The van der Waals surface area contributed by atoms with E-state index in [1.54, 1.807) is 18.4 Å². The van der Waals surface area contributed by atoms with Crippen LogP contribution in [0.3, 0.4) is 0 Å². The van der Waals surface area contributed by atoms with Crippen LogP contribution in [0.5, 0.6) is 0 Å². The Balaban J connectivity index is 1.37. The average molecular weight is 334 g/mol. The monoisotopic (exact) mass is 334 g/mol. The SMILES string of the molecule is COCc1nc(CN2CCCC(c3noc(C4CC4)n3)C2)cs1. The molecule has 0 bridgehead atoms. The minimum Gasteiger partial charge on any atom is -0.378 e. The molecule has 3 heterocycles. The summed E-state index contributed by atoms with van der Waals surface area (Å²) in [6.07, 6.45) is 4.72. The first kappa shape index (κ1) is 15.2. The molecule has 0 aromatic carbocycles. The molecule has 0 radical (unpaired) electrons. The quantitative estimate of drug-likeness (QED) is 0.809. The van der Waals surface area contributed by atoms with Crippen molar-refractivity contribution in [2.24, 2.45) is 0 Å². The Morgan fingerprint density at radius 1 is 1.30 bits per heavy atom. The molecule has 0 amide bonds. The third-order valence-electron chi connectivity index (χ3n) is 4.51. The Kier molecular flexibility index (Phi) is 4.41. The van der Waals surface area contributed by atoms with Crippen LogP contribution in [0.2, 0.25) is 0 Å². The molecule has 0 N–H and O–H groups in total. The van der Waals surface area contributed by atoms with Gasteiger partial charge in [-0.05, 0) is 32.2 Å². The number of aromatic nitrogens is 3. The first-order valence-electron chi connectivity index (χ1n) is 8.30. The third kappa shape index (κ3) is 3.62. The summed E-state index contributed by atoms with van der Waals surface area (Å²) in [5.74, 6) is 2.66. The first-order chi connectivity index (χ1) is 11.3. The van der Waals surface area contributed by atoms with Gasteiger partial charge in [0.05, 0.1) is 12.3 Å². The summed E-state index contributed by atoms with van der Waals surface area (Å²) in [6, 6.07) is 0. The van der Waals surface area contributed by atoms with E-state index in [1.165, 1.54) is 19.3 Å². The lowest BCUT2D eigenvalue weighted by Gasteiger charge is -2.30. The molecular formula is C16H22N4O2S. The molecule has 1 saturated heterocycles. The second-order valence-electron chi connectivity index (χ2n) is 6.50. The number of nitrogens with zero attached hydrogens (tertiary/aromatic N) is 4. The van der Waals surface area contributed by atoms with Crippen molar-refractivity contribution >= 4 is 11.3 Å². The molecule has 6 nitrogen and oxygen atoms in total. The van der Waals surface area contributed by atoms with E-state index in [-0.39, 0.29) is 0 Å². The maximum absolute atomic E-state index is 5.42. The Hall–Kier alpha value is -1.31. The van der Waals surface area contributed by atoms with E-state index in [9.17, 15) is 0 Å². The van der Waals surface area contributed by atoms with Crippen LogP contribution in [0.25, 0.3) is 0 Å². The summed E-state index contributed by atoms with van der Waals surface area (Å²) in [6.45, 7) is 3.59. The van der Waals surface area contributed by atoms with Crippen molar-refractivity contribution < 1.29 is 9.26 Å². The summed E-state index contributed by atoms with van der Waals surface area (Å²) >= 11 is 1.67. The van der Waals surface area contributed by atoms with Crippen LogP contribution >= 0.6 is 11.3 Å². The lowest BCUT2D eigenvalue weighted by molar-refractivity contribution is 0.182. The third-order valence-corrected chi connectivity index (χ3v) is 5.38. The van der Waals surface area contributed by atoms with Gasteiger partial charge in [0.25, 0.3) is 0 Å². The standard InChI is InChI=1S/C16H22N4O2S/c1-21-9-14-17-13(10-23-14)8-20-6-2-3-12(7-20)15-18-16(22-19-15)11-4-5-11/h10-12H,2-9H2,1H3. The fraction of sp³-hybridized carbons (Fsp3) is 0.688. The molecule has 7 heteroatoms. The highest BCUT2D eigenvalue weighted by molar-refractivity contribution is 7.09. The van der Waals surface area contributed by atoms with Crippen LogP contribution in [-0.2, 0) is 17.9 Å². The zero-order chi connectivity index (χ0) is 15.6. The van der Waals surface area contributed by atoms with E-state index < -0.39 is 0 Å². The van der Waals surface area contributed by atoms with E-state index in [1.807, 2.05) is 0 Å². The first-order valence-corrected chi connectivity index (χ1v) is 9.18. The largest absolute Gasteiger partial charge is 0.378 e. The highest BCUT2D eigenvalue weighted by Gasteiger charge is 2.32. The van der Waals surface area contributed by atoms with Gasteiger partial charge in [0, 0.05) is 37.4 Å². The molecule has 4 rings (SSSR count). The Morgan fingerprint density at radius 3 is 3.04 bits per heavy atom. The number of likely N-dealkylation sites (tertiary alicyclic amines) is 1. The molecule has 1 unspecified atom stereocenters. The number of rotatable bonds is 6. The maximum Gasteiger partial charge on any atom is 0.229 e. The van der Waals surface area contributed by atoms with Gasteiger partial charge in [-0.25, -0.2) is 4.98 Å². The van der Waals surface area contributed by atoms with Gasteiger partial charge in [-0.1, -0.05) is 5.16 Å². The summed E-state index contributed by atoms with van der Waals surface area (Å²) < 4.78 is 10.6. The number of piperidine rings is 1. The second-order valence-corrected chi connectivity index (χ2v) is 7.45. The number of hydrogen-bond acceptors (Lipinski definition) is 7. The highest BCUT2D eigenvalue weighted by atomic mass is 32.1. The molecule has 2 aliphatic rings. The molecule has 1 saturated carbocycles. The van der Waals surface area contributed by atoms with Crippen molar-refractivity contribution in [3.05, 3.63) is 27.8 Å². The normalized spacial score (nSPS) is 22.6. The zero-order valence-electron chi connectivity index (χ0n) is 13.4. The molecule has 0 spiro atoms. The van der Waals surface area contributed by atoms with Gasteiger partial charge >= 0.3 is 0 Å². The van der Waals surface area contributed by atoms with Crippen molar-refractivity contribution in [3.63, 3.8) is 0 Å². The fourth-order valence-corrected chi connectivity index (χ4v) is 3.91. The van der Waals surface area contributed by atoms with Crippen LogP contribution < -0.4 is 0 Å². The Labute approximate surface area is 139 Å². The van der Waals surface area contributed by atoms with Crippen molar-refractivity contribution in [1.29, 1.82) is 0 Å². The number of methoxy groups -OCH3 is 1. The van der Waals surface area contributed by atoms with E-state index in [0.717, 1.165) is 48.5 Å². The van der Waals surface area contributed by atoms with Gasteiger partial charge in [0.1, 0.15) is 5.01 Å². The number of hydrogen-bond donors (Lipinski definition) is 0. The topological polar surface area (TPSA) is 64.3 Å². The summed E-state index contributed by atoms with van der Waals surface area (Å²) in [5.41, 5.74) is 1.13. The van der Waals surface area contributed by atoms with Crippen LogP contribution in [0.4, 0.5) is 0 Å². The van der Waals surface area contributed by atoms with E-state index in [0.29, 0.717) is 18.4 Å². The van der Waals surface area contributed by atoms with Gasteiger partial charge in [-0.2, -0.15) is 4.98 Å². The number of ether oxygens (including phenoxy) is 1.